The Hall–Kier alpha value is -1.74. The number of nitrogens with one attached hydrogen (secondary N) is 1. The summed E-state index contributed by atoms with van der Waals surface area (Å²) in [5, 5.41) is 3.32. The molecule has 0 spiro atoms. The van der Waals surface area contributed by atoms with E-state index in [1.165, 1.54) is 11.1 Å². The molecule has 0 saturated carbocycles. The summed E-state index contributed by atoms with van der Waals surface area (Å²) < 4.78 is 0. The molecule has 2 aromatic carbocycles. The Bertz CT molecular complexity index is 542. The van der Waals surface area contributed by atoms with Gasteiger partial charge in [-0.1, -0.05) is 60.7 Å². The van der Waals surface area contributed by atoms with Crippen molar-refractivity contribution in [2.45, 2.75) is 18.6 Å². The molecule has 0 aliphatic rings. The van der Waals surface area contributed by atoms with Gasteiger partial charge in [0, 0.05) is 11.8 Å². The van der Waals surface area contributed by atoms with Crippen LogP contribution in [0.3, 0.4) is 0 Å². The smallest absolute Gasteiger partial charge is 0.230 e. The van der Waals surface area contributed by atoms with Gasteiger partial charge in [0.2, 0.25) is 5.91 Å². The lowest BCUT2D eigenvalue weighted by atomic mass is 10.1. The van der Waals surface area contributed by atoms with E-state index in [1.807, 2.05) is 36.4 Å². The van der Waals surface area contributed by atoms with Crippen molar-refractivity contribution in [2.24, 2.45) is 0 Å². The molecule has 1 atom stereocenters. The van der Waals surface area contributed by atoms with Gasteiger partial charge in [-0.2, -0.15) is 0 Å². The van der Waals surface area contributed by atoms with Gasteiger partial charge >= 0.3 is 0 Å². The van der Waals surface area contributed by atoms with Crippen molar-refractivity contribution in [3.05, 3.63) is 71.8 Å². The van der Waals surface area contributed by atoms with Gasteiger partial charge in [-0.05, 0) is 24.5 Å². The van der Waals surface area contributed by atoms with Gasteiger partial charge in [0.05, 0.1) is 5.75 Å². The average Bonchev–Trinajstić information content (AvgIpc) is 2.54. The molecular formula is C18H21NOS. The van der Waals surface area contributed by atoms with Crippen LogP contribution in [-0.4, -0.2) is 18.2 Å². The van der Waals surface area contributed by atoms with Crippen LogP contribution < -0.4 is 5.32 Å². The highest BCUT2D eigenvalue weighted by Crippen LogP contribution is 2.27. The Morgan fingerprint density at radius 3 is 2.33 bits per heavy atom. The van der Waals surface area contributed by atoms with Crippen LogP contribution in [0.1, 0.15) is 23.3 Å². The predicted molar refractivity (Wildman–Crippen MR) is 90.5 cm³/mol. The highest BCUT2D eigenvalue weighted by molar-refractivity contribution is 8.00. The Morgan fingerprint density at radius 2 is 1.67 bits per heavy atom. The van der Waals surface area contributed by atoms with E-state index in [4.69, 9.17) is 0 Å². The first kappa shape index (κ1) is 15.6. The normalized spacial score (nSPS) is 11.9. The van der Waals surface area contributed by atoms with Crippen molar-refractivity contribution in [1.82, 2.24) is 5.32 Å². The van der Waals surface area contributed by atoms with Crippen LogP contribution in [0.4, 0.5) is 0 Å². The van der Waals surface area contributed by atoms with Gasteiger partial charge in [-0.3, -0.25) is 4.79 Å². The van der Waals surface area contributed by atoms with Crippen LogP contribution in [0, 0.1) is 0 Å². The zero-order chi connectivity index (χ0) is 14.9. The second kappa shape index (κ2) is 8.53. The molecule has 1 amide bonds. The summed E-state index contributed by atoms with van der Waals surface area (Å²) in [5.41, 5.74) is 2.52. The minimum absolute atomic E-state index is 0.110. The highest BCUT2D eigenvalue weighted by Gasteiger charge is 2.08. The number of carbonyl (C=O) groups is 1. The zero-order valence-electron chi connectivity index (χ0n) is 12.3. The molecular weight excluding hydrogens is 278 g/mol. The Kier molecular flexibility index (Phi) is 6.35. The summed E-state index contributed by atoms with van der Waals surface area (Å²) in [6.45, 7) is 2.83. The predicted octanol–water partition coefficient (Wildman–Crippen LogP) is 3.84. The van der Waals surface area contributed by atoms with E-state index < -0.39 is 0 Å². The Labute approximate surface area is 131 Å². The van der Waals surface area contributed by atoms with Gasteiger partial charge in [0.25, 0.3) is 0 Å². The number of rotatable bonds is 7. The molecule has 0 aliphatic carbocycles. The van der Waals surface area contributed by atoms with Gasteiger partial charge in [0.1, 0.15) is 0 Å². The summed E-state index contributed by atoms with van der Waals surface area (Å²) in [5.74, 6) is 0.615. The molecule has 3 heteroatoms. The second-order valence-corrected chi connectivity index (χ2v) is 6.28. The maximum Gasteiger partial charge on any atom is 0.230 e. The molecule has 2 aromatic rings. The molecule has 2 nitrogen and oxygen atoms in total. The Morgan fingerprint density at radius 1 is 1.05 bits per heavy atom. The molecule has 0 heterocycles. The molecule has 0 bridgehead atoms. The van der Waals surface area contributed by atoms with Gasteiger partial charge in [-0.15, -0.1) is 11.8 Å². The number of carbonyl (C=O) groups excluding carboxylic acids is 1. The van der Waals surface area contributed by atoms with E-state index in [2.05, 4.69) is 36.5 Å². The lowest BCUT2D eigenvalue weighted by molar-refractivity contribution is -0.118. The molecule has 1 N–H and O–H groups in total. The van der Waals surface area contributed by atoms with Crippen molar-refractivity contribution in [3.8, 4) is 0 Å². The fraction of sp³-hybridized carbons (Fsp3) is 0.278. The van der Waals surface area contributed by atoms with Crippen LogP contribution in [0.2, 0.25) is 0 Å². The first-order valence-corrected chi connectivity index (χ1v) is 8.28. The lowest BCUT2D eigenvalue weighted by Crippen LogP contribution is -2.27. The third kappa shape index (κ3) is 5.64. The highest BCUT2D eigenvalue weighted by atomic mass is 32.2. The molecule has 0 aliphatic heterocycles. The topological polar surface area (TPSA) is 29.1 Å². The van der Waals surface area contributed by atoms with E-state index >= 15 is 0 Å². The molecule has 110 valence electrons. The summed E-state index contributed by atoms with van der Waals surface area (Å²) >= 11 is 1.67. The van der Waals surface area contributed by atoms with Crippen LogP contribution in [-0.2, 0) is 11.2 Å². The molecule has 0 aromatic heterocycles. The van der Waals surface area contributed by atoms with Crippen molar-refractivity contribution < 1.29 is 4.79 Å². The summed E-state index contributed by atoms with van der Waals surface area (Å²) in [6, 6.07) is 20.5. The van der Waals surface area contributed by atoms with E-state index in [-0.39, 0.29) is 5.91 Å². The van der Waals surface area contributed by atoms with Gasteiger partial charge in [0.15, 0.2) is 0 Å². The van der Waals surface area contributed by atoms with Crippen LogP contribution >= 0.6 is 11.8 Å². The zero-order valence-corrected chi connectivity index (χ0v) is 13.1. The summed E-state index contributed by atoms with van der Waals surface area (Å²) in [4.78, 5) is 11.8. The maximum atomic E-state index is 11.8. The van der Waals surface area contributed by atoms with E-state index in [0.717, 1.165) is 6.42 Å². The van der Waals surface area contributed by atoms with Crippen LogP contribution in [0.15, 0.2) is 60.7 Å². The second-order valence-electron chi connectivity index (χ2n) is 4.95. The lowest BCUT2D eigenvalue weighted by Gasteiger charge is -2.11. The third-order valence-corrected chi connectivity index (χ3v) is 4.51. The van der Waals surface area contributed by atoms with Crippen molar-refractivity contribution in [2.75, 3.05) is 12.3 Å². The largest absolute Gasteiger partial charge is 0.355 e. The fourth-order valence-electron chi connectivity index (χ4n) is 2.06. The number of amides is 1. The van der Waals surface area contributed by atoms with E-state index in [0.29, 0.717) is 17.5 Å². The van der Waals surface area contributed by atoms with Gasteiger partial charge < -0.3 is 5.32 Å². The number of hydrogen-bond donors (Lipinski definition) is 1. The van der Waals surface area contributed by atoms with Crippen LogP contribution in [0.5, 0.6) is 0 Å². The number of benzene rings is 2. The fourth-order valence-corrected chi connectivity index (χ4v) is 2.92. The van der Waals surface area contributed by atoms with E-state index in [1.54, 1.807) is 11.8 Å². The monoisotopic (exact) mass is 299 g/mol. The Balaban J connectivity index is 1.66. The first-order valence-electron chi connectivity index (χ1n) is 7.23. The van der Waals surface area contributed by atoms with Crippen LogP contribution in [0.25, 0.3) is 0 Å². The minimum Gasteiger partial charge on any atom is -0.355 e. The molecule has 1 unspecified atom stereocenters. The minimum atomic E-state index is 0.110. The number of thioether (sulfide) groups is 1. The first-order chi connectivity index (χ1) is 10.3. The molecule has 0 radical (unpaired) electrons. The van der Waals surface area contributed by atoms with E-state index in [9.17, 15) is 4.79 Å². The third-order valence-electron chi connectivity index (χ3n) is 3.31. The average molecular weight is 299 g/mol. The van der Waals surface area contributed by atoms with Crippen molar-refractivity contribution >= 4 is 17.7 Å². The van der Waals surface area contributed by atoms with Gasteiger partial charge in [-0.25, -0.2) is 0 Å². The number of hydrogen-bond acceptors (Lipinski definition) is 2. The quantitative estimate of drug-likeness (QED) is 0.841. The molecule has 0 saturated heterocycles. The molecule has 0 fully saturated rings. The summed E-state index contributed by atoms with van der Waals surface area (Å²) in [7, 11) is 0. The molecule has 2 rings (SSSR count). The standard InChI is InChI=1S/C18H21NOS/c1-15(17-10-6-3-7-11-17)21-14-18(20)19-13-12-16-8-4-2-5-9-16/h2-11,15H,12-14H2,1H3,(H,19,20). The van der Waals surface area contributed by atoms with Crippen molar-refractivity contribution in [3.63, 3.8) is 0 Å². The van der Waals surface area contributed by atoms with Crippen molar-refractivity contribution in [1.29, 1.82) is 0 Å². The molecule has 21 heavy (non-hydrogen) atoms. The summed E-state index contributed by atoms with van der Waals surface area (Å²) in [6.07, 6.45) is 0.880. The maximum absolute atomic E-state index is 11.8. The SMILES string of the molecule is CC(SCC(=O)NCCc1ccccc1)c1ccccc1.